The van der Waals surface area contributed by atoms with Gasteiger partial charge in [0.15, 0.2) is 12.6 Å². The summed E-state index contributed by atoms with van der Waals surface area (Å²) in [7, 11) is 5.07. The third-order valence-electron chi connectivity index (χ3n) is 3.82. The SMILES string of the molecule is CN=C(NCc1ccc(F)cc1)NCc1cccc(OCC(=O)N(C)C)c1.I. The molecule has 0 heterocycles. The molecule has 152 valence electrons. The normalized spacial score (nSPS) is 10.6. The number of carbonyl (C=O) groups is 1. The predicted molar refractivity (Wildman–Crippen MR) is 119 cm³/mol. The van der Waals surface area contributed by atoms with Gasteiger partial charge >= 0.3 is 0 Å². The van der Waals surface area contributed by atoms with Crippen LogP contribution in [0.15, 0.2) is 53.5 Å². The van der Waals surface area contributed by atoms with Gasteiger partial charge in [0.25, 0.3) is 5.91 Å². The maximum Gasteiger partial charge on any atom is 0.259 e. The first-order valence-electron chi connectivity index (χ1n) is 8.59. The maximum atomic E-state index is 12.9. The number of amides is 1. The maximum absolute atomic E-state index is 12.9. The Morgan fingerprint density at radius 2 is 1.71 bits per heavy atom. The fraction of sp³-hybridized carbons (Fsp3) is 0.300. The minimum atomic E-state index is -0.254. The first-order chi connectivity index (χ1) is 13.0. The molecule has 2 aromatic carbocycles. The Kier molecular flexibility index (Phi) is 10.3. The van der Waals surface area contributed by atoms with Gasteiger partial charge in [-0.3, -0.25) is 9.79 Å². The molecule has 0 atom stereocenters. The first-order valence-corrected chi connectivity index (χ1v) is 8.59. The highest BCUT2D eigenvalue weighted by Gasteiger charge is 2.06. The summed E-state index contributed by atoms with van der Waals surface area (Å²) in [6.45, 7) is 1.09. The number of nitrogens with one attached hydrogen (secondary N) is 2. The number of carbonyl (C=O) groups excluding carboxylic acids is 1. The fourth-order valence-corrected chi connectivity index (χ4v) is 2.21. The molecule has 0 aliphatic rings. The van der Waals surface area contributed by atoms with Crippen LogP contribution < -0.4 is 15.4 Å². The van der Waals surface area contributed by atoms with Crippen molar-refractivity contribution in [2.24, 2.45) is 4.99 Å². The lowest BCUT2D eigenvalue weighted by molar-refractivity contribution is -0.130. The Balaban J connectivity index is 0.00000392. The van der Waals surface area contributed by atoms with Crippen LogP contribution in [0, 0.1) is 5.82 Å². The molecule has 0 radical (unpaired) electrons. The number of halogens is 2. The summed E-state index contributed by atoms with van der Waals surface area (Å²) in [5, 5.41) is 6.39. The number of benzene rings is 2. The molecule has 2 rings (SSSR count). The van der Waals surface area contributed by atoms with E-state index in [2.05, 4.69) is 15.6 Å². The smallest absolute Gasteiger partial charge is 0.259 e. The number of hydrogen-bond acceptors (Lipinski definition) is 3. The number of guanidine groups is 1. The minimum absolute atomic E-state index is 0. The largest absolute Gasteiger partial charge is 0.484 e. The third kappa shape index (κ3) is 8.12. The Labute approximate surface area is 182 Å². The third-order valence-corrected chi connectivity index (χ3v) is 3.82. The van der Waals surface area contributed by atoms with Crippen LogP contribution in [0.2, 0.25) is 0 Å². The number of likely N-dealkylation sites (N-methyl/N-ethyl adjacent to an activating group) is 1. The molecule has 0 aliphatic heterocycles. The highest BCUT2D eigenvalue weighted by atomic mass is 127. The number of aliphatic imine (C=N–C) groups is 1. The summed E-state index contributed by atoms with van der Waals surface area (Å²) in [6, 6.07) is 13.8. The standard InChI is InChI=1S/C20H25FN4O2.HI/c1-22-20(23-12-15-7-9-17(21)10-8-15)24-13-16-5-4-6-18(11-16)27-14-19(26)25(2)3;/h4-11H,12-14H2,1-3H3,(H2,22,23,24);1H. The summed E-state index contributed by atoms with van der Waals surface area (Å²) in [5.41, 5.74) is 1.95. The number of nitrogens with zero attached hydrogens (tertiary/aromatic N) is 2. The Hall–Kier alpha value is -2.36. The van der Waals surface area contributed by atoms with Gasteiger partial charge in [0, 0.05) is 34.2 Å². The highest BCUT2D eigenvalue weighted by Crippen LogP contribution is 2.13. The molecule has 0 saturated heterocycles. The van der Waals surface area contributed by atoms with E-state index < -0.39 is 0 Å². The molecule has 0 bridgehead atoms. The molecule has 2 N–H and O–H groups in total. The summed E-state index contributed by atoms with van der Waals surface area (Å²) in [4.78, 5) is 17.3. The van der Waals surface area contributed by atoms with Gasteiger partial charge < -0.3 is 20.3 Å². The molecule has 0 spiro atoms. The quantitative estimate of drug-likeness (QED) is 0.349. The average molecular weight is 500 g/mol. The lowest BCUT2D eigenvalue weighted by Crippen LogP contribution is -2.36. The van der Waals surface area contributed by atoms with E-state index in [0.717, 1.165) is 11.1 Å². The van der Waals surface area contributed by atoms with Crippen molar-refractivity contribution in [3.8, 4) is 5.75 Å². The van der Waals surface area contributed by atoms with Crippen molar-refractivity contribution < 1.29 is 13.9 Å². The molecular formula is C20H26FIN4O2. The molecule has 2 aromatic rings. The average Bonchev–Trinajstić information content (AvgIpc) is 2.67. The Morgan fingerprint density at radius 3 is 2.32 bits per heavy atom. The van der Waals surface area contributed by atoms with Crippen molar-refractivity contribution in [1.29, 1.82) is 0 Å². The van der Waals surface area contributed by atoms with Gasteiger partial charge in [-0.1, -0.05) is 24.3 Å². The van der Waals surface area contributed by atoms with E-state index >= 15 is 0 Å². The van der Waals surface area contributed by atoms with Crippen LogP contribution in [-0.4, -0.2) is 44.5 Å². The zero-order chi connectivity index (χ0) is 19.6. The molecule has 28 heavy (non-hydrogen) atoms. The van der Waals surface area contributed by atoms with Crippen LogP contribution in [0.5, 0.6) is 5.75 Å². The van der Waals surface area contributed by atoms with E-state index in [0.29, 0.717) is 24.8 Å². The van der Waals surface area contributed by atoms with E-state index in [1.54, 1.807) is 33.3 Å². The minimum Gasteiger partial charge on any atom is -0.484 e. The highest BCUT2D eigenvalue weighted by molar-refractivity contribution is 14.0. The number of rotatable bonds is 7. The summed E-state index contributed by atoms with van der Waals surface area (Å²) in [6.07, 6.45) is 0. The van der Waals surface area contributed by atoms with Crippen LogP contribution in [0.3, 0.4) is 0 Å². The van der Waals surface area contributed by atoms with Crippen molar-refractivity contribution in [2.75, 3.05) is 27.7 Å². The second-order valence-corrected chi connectivity index (χ2v) is 6.13. The molecule has 0 saturated carbocycles. The van der Waals surface area contributed by atoms with Crippen LogP contribution in [-0.2, 0) is 17.9 Å². The molecule has 8 heteroatoms. The van der Waals surface area contributed by atoms with Crippen LogP contribution in [0.1, 0.15) is 11.1 Å². The van der Waals surface area contributed by atoms with E-state index in [4.69, 9.17) is 4.74 Å². The van der Waals surface area contributed by atoms with E-state index in [1.165, 1.54) is 17.0 Å². The van der Waals surface area contributed by atoms with Crippen molar-refractivity contribution in [3.05, 3.63) is 65.5 Å². The molecule has 0 fully saturated rings. The van der Waals surface area contributed by atoms with Gasteiger partial charge in [-0.25, -0.2) is 4.39 Å². The lowest BCUT2D eigenvalue weighted by atomic mass is 10.2. The molecule has 0 aromatic heterocycles. The van der Waals surface area contributed by atoms with Gasteiger partial charge in [-0.2, -0.15) is 0 Å². The molecule has 0 aliphatic carbocycles. The molecule has 0 unspecified atom stereocenters. The van der Waals surface area contributed by atoms with Crippen LogP contribution in [0.25, 0.3) is 0 Å². The summed E-state index contributed by atoms with van der Waals surface area (Å²) in [5.74, 6) is 0.923. The van der Waals surface area contributed by atoms with Crippen molar-refractivity contribution in [1.82, 2.24) is 15.5 Å². The second-order valence-electron chi connectivity index (χ2n) is 6.13. The van der Waals surface area contributed by atoms with Gasteiger partial charge in [0.2, 0.25) is 0 Å². The molecule has 1 amide bonds. The topological polar surface area (TPSA) is 66.0 Å². The molecular weight excluding hydrogens is 474 g/mol. The van der Waals surface area contributed by atoms with E-state index in [1.807, 2.05) is 24.3 Å². The number of ether oxygens (including phenoxy) is 1. The van der Waals surface area contributed by atoms with Crippen LogP contribution >= 0.6 is 24.0 Å². The van der Waals surface area contributed by atoms with Gasteiger partial charge in [0.05, 0.1) is 0 Å². The monoisotopic (exact) mass is 500 g/mol. The predicted octanol–water partition coefficient (Wildman–Crippen LogP) is 2.78. The van der Waals surface area contributed by atoms with Crippen LogP contribution in [0.4, 0.5) is 4.39 Å². The summed E-state index contributed by atoms with van der Waals surface area (Å²) < 4.78 is 18.5. The van der Waals surface area contributed by atoms with Gasteiger partial charge in [-0.05, 0) is 35.4 Å². The Bertz CT molecular complexity index is 782. The zero-order valence-corrected chi connectivity index (χ0v) is 18.6. The van der Waals surface area contributed by atoms with Gasteiger partial charge in [0.1, 0.15) is 11.6 Å². The van der Waals surface area contributed by atoms with Crippen molar-refractivity contribution in [3.63, 3.8) is 0 Å². The van der Waals surface area contributed by atoms with Crippen molar-refractivity contribution in [2.45, 2.75) is 13.1 Å². The number of hydrogen-bond donors (Lipinski definition) is 2. The second kappa shape index (κ2) is 12.2. The zero-order valence-electron chi connectivity index (χ0n) is 16.2. The summed E-state index contributed by atoms with van der Waals surface area (Å²) >= 11 is 0. The van der Waals surface area contributed by atoms with Gasteiger partial charge in [-0.15, -0.1) is 24.0 Å². The first kappa shape index (κ1) is 23.7. The van der Waals surface area contributed by atoms with E-state index in [-0.39, 0.29) is 42.3 Å². The fourth-order valence-electron chi connectivity index (χ4n) is 2.21. The van der Waals surface area contributed by atoms with Crippen molar-refractivity contribution >= 4 is 35.8 Å². The Morgan fingerprint density at radius 1 is 1.07 bits per heavy atom. The molecule has 6 nitrogen and oxygen atoms in total. The van der Waals surface area contributed by atoms with E-state index in [9.17, 15) is 9.18 Å². The lowest BCUT2D eigenvalue weighted by Gasteiger charge is -2.14.